The third-order valence-electron chi connectivity index (χ3n) is 5.76. The molecule has 0 radical (unpaired) electrons. The molecule has 0 saturated carbocycles. The number of fused-ring (bicyclic) bond motifs is 1. The van der Waals surface area contributed by atoms with Gasteiger partial charge in [-0.1, -0.05) is 41.9 Å². The third-order valence-corrected chi connectivity index (χ3v) is 6.01. The topological polar surface area (TPSA) is 23.6 Å². The molecule has 0 unspecified atom stereocenters. The summed E-state index contributed by atoms with van der Waals surface area (Å²) in [5, 5.41) is 0.803. The molecule has 1 fully saturated rings. The molecule has 2 aliphatic rings. The maximum absolute atomic E-state index is 12.4. The Balaban J connectivity index is 1.33. The summed E-state index contributed by atoms with van der Waals surface area (Å²) in [6.07, 6.45) is 3.85. The molecule has 26 heavy (non-hydrogen) atoms. The van der Waals surface area contributed by atoms with Crippen LogP contribution in [0.15, 0.2) is 48.5 Å². The molecule has 1 saturated heterocycles. The lowest BCUT2D eigenvalue weighted by Gasteiger charge is -2.35. The smallest absolute Gasteiger partial charge is 0.227 e. The van der Waals surface area contributed by atoms with Crippen molar-refractivity contribution in [3.8, 4) is 0 Å². The van der Waals surface area contributed by atoms with Crippen LogP contribution in [-0.2, 0) is 11.2 Å². The van der Waals surface area contributed by atoms with Gasteiger partial charge in [-0.2, -0.15) is 0 Å². The Bertz CT molecular complexity index is 766. The van der Waals surface area contributed by atoms with Crippen molar-refractivity contribution in [3.63, 3.8) is 0 Å². The monoisotopic (exact) mass is 368 g/mol. The Hall–Kier alpha value is -1.84. The summed E-state index contributed by atoms with van der Waals surface area (Å²) in [5.74, 6) is 0.889. The van der Waals surface area contributed by atoms with Crippen LogP contribution in [0.1, 0.15) is 36.3 Å². The lowest BCUT2D eigenvalue weighted by Crippen LogP contribution is -2.43. The van der Waals surface area contributed by atoms with Gasteiger partial charge in [-0.25, -0.2) is 0 Å². The average Bonchev–Trinajstić information content (AvgIpc) is 2.68. The van der Waals surface area contributed by atoms with Crippen LogP contribution in [0.25, 0.3) is 0 Å². The van der Waals surface area contributed by atoms with Crippen molar-refractivity contribution in [2.75, 3.05) is 31.1 Å². The number of likely N-dealkylation sites (tertiary alicyclic amines) is 1. The number of nitrogens with zero attached hydrogens (tertiary/aromatic N) is 2. The first-order valence-electron chi connectivity index (χ1n) is 9.57. The van der Waals surface area contributed by atoms with Crippen LogP contribution >= 0.6 is 11.6 Å². The fraction of sp³-hybridized carbons (Fsp3) is 0.409. The van der Waals surface area contributed by atoms with E-state index in [2.05, 4.69) is 35.2 Å². The first-order chi connectivity index (χ1) is 12.7. The molecule has 4 heteroatoms. The molecule has 4 rings (SSSR count). The van der Waals surface area contributed by atoms with Gasteiger partial charge in [0.15, 0.2) is 0 Å². The van der Waals surface area contributed by atoms with Crippen LogP contribution in [0.5, 0.6) is 0 Å². The number of rotatable bonds is 4. The molecule has 0 spiro atoms. The lowest BCUT2D eigenvalue weighted by molar-refractivity contribution is -0.119. The molecule has 1 amide bonds. The third kappa shape index (κ3) is 3.79. The zero-order valence-electron chi connectivity index (χ0n) is 15.0. The maximum atomic E-state index is 12.4. The maximum Gasteiger partial charge on any atom is 0.227 e. The number of amides is 1. The number of carbonyl (C=O) groups excluding carboxylic acids is 1. The molecular weight excluding hydrogens is 344 g/mol. The van der Waals surface area contributed by atoms with E-state index in [9.17, 15) is 4.79 Å². The predicted octanol–water partition coefficient (Wildman–Crippen LogP) is 4.50. The molecule has 2 heterocycles. The quantitative estimate of drug-likeness (QED) is 0.793. The van der Waals surface area contributed by atoms with Crippen LogP contribution in [0.4, 0.5) is 5.69 Å². The predicted molar refractivity (Wildman–Crippen MR) is 107 cm³/mol. The van der Waals surface area contributed by atoms with E-state index in [4.69, 9.17) is 11.6 Å². The van der Waals surface area contributed by atoms with Crippen molar-refractivity contribution in [1.82, 2.24) is 4.90 Å². The molecule has 2 aromatic rings. The SMILES string of the molecule is O=C1CCc2ccccc2N1CCN1CCC(c2ccc(Cl)cc2)CC1. The van der Waals surface area contributed by atoms with Gasteiger partial charge in [0.05, 0.1) is 0 Å². The molecule has 2 aliphatic heterocycles. The van der Waals surface area contributed by atoms with E-state index < -0.39 is 0 Å². The second-order valence-electron chi connectivity index (χ2n) is 7.34. The Morgan fingerprint density at radius 3 is 2.42 bits per heavy atom. The van der Waals surface area contributed by atoms with Gasteiger partial charge in [-0.05, 0) is 67.6 Å². The average molecular weight is 369 g/mol. The number of piperidine rings is 1. The first kappa shape index (κ1) is 17.6. The summed E-state index contributed by atoms with van der Waals surface area (Å²) in [7, 11) is 0. The molecule has 0 aliphatic carbocycles. The first-order valence-corrected chi connectivity index (χ1v) is 9.94. The van der Waals surface area contributed by atoms with Gasteiger partial charge in [0.1, 0.15) is 0 Å². The standard InChI is InChI=1S/C22H25ClN2O/c23-20-8-5-17(6-9-20)18-11-13-24(14-12-18)15-16-25-21-4-2-1-3-19(21)7-10-22(25)26/h1-6,8-9,18H,7,10-16H2. The largest absolute Gasteiger partial charge is 0.311 e. The van der Waals surface area contributed by atoms with Crippen molar-refractivity contribution in [2.45, 2.75) is 31.6 Å². The highest BCUT2D eigenvalue weighted by atomic mass is 35.5. The zero-order valence-corrected chi connectivity index (χ0v) is 15.8. The van der Waals surface area contributed by atoms with Gasteiger partial charge in [-0.3, -0.25) is 4.79 Å². The van der Waals surface area contributed by atoms with E-state index in [1.165, 1.54) is 24.0 Å². The van der Waals surface area contributed by atoms with Gasteiger partial charge in [0, 0.05) is 30.2 Å². The van der Waals surface area contributed by atoms with Gasteiger partial charge in [0.25, 0.3) is 0 Å². The summed E-state index contributed by atoms with van der Waals surface area (Å²) in [6, 6.07) is 16.6. The normalized spacial score (nSPS) is 18.8. The second kappa shape index (κ2) is 7.81. The van der Waals surface area contributed by atoms with E-state index >= 15 is 0 Å². The molecule has 0 aromatic heterocycles. The van der Waals surface area contributed by atoms with Crippen molar-refractivity contribution in [1.29, 1.82) is 0 Å². The van der Waals surface area contributed by atoms with Crippen LogP contribution < -0.4 is 4.90 Å². The second-order valence-corrected chi connectivity index (χ2v) is 7.78. The number of benzene rings is 2. The number of hydrogen-bond donors (Lipinski definition) is 0. The highest BCUT2D eigenvalue weighted by Gasteiger charge is 2.25. The lowest BCUT2D eigenvalue weighted by atomic mass is 9.89. The highest BCUT2D eigenvalue weighted by Crippen LogP contribution is 2.30. The van der Waals surface area contributed by atoms with Gasteiger partial charge < -0.3 is 9.80 Å². The molecule has 136 valence electrons. The number of anilines is 1. The highest BCUT2D eigenvalue weighted by molar-refractivity contribution is 6.30. The Morgan fingerprint density at radius 1 is 0.923 bits per heavy atom. The summed E-state index contributed by atoms with van der Waals surface area (Å²) < 4.78 is 0. The molecule has 0 N–H and O–H groups in total. The van der Waals surface area contributed by atoms with Crippen LogP contribution in [0, 0.1) is 0 Å². The molecule has 2 aromatic carbocycles. The van der Waals surface area contributed by atoms with Gasteiger partial charge >= 0.3 is 0 Å². The zero-order chi connectivity index (χ0) is 17.9. The van der Waals surface area contributed by atoms with Gasteiger partial charge in [0.2, 0.25) is 5.91 Å². The van der Waals surface area contributed by atoms with E-state index in [-0.39, 0.29) is 5.91 Å². The number of halogens is 1. The summed E-state index contributed by atoms with van der Waals surface area (Å²) >= 11 is 6.00. The van der Waals surface area contributed by atoms with Crippen LogP contribution in [0.3, 0.4) is 0 Å². The van der Waals surface area contributed by atoms with Crippen LogP contribution in [-0.4, -0.2) is 37.0 Å². The minimum atomic E-state index is 0.264. The Labute approximate surface area is 160 Å². The van der Waals surface area contributed by atoms with Crippen molar-refractivity contribution in [2.24, 2.45) is 0 Å². The minimum absolute atomic E-state index is 0.264. The molecular formula is C22H25ClN2O. The number of hydrogen-bond acceptors (Lipinski definition) is 2. The Kier molecular flexibility index (Phi) is 5.28. The molecule has 3 nitrogen and oxygen atoms in total. The fourth-order valence-corrected chi connectivity index (χ4v) is 4.33. The van der Waals surface area contributed by atoms with Crippen LogP contribution in [0.2, 0.25) is 5.02 Å². The van der Waals surface area contributed by atoms with E-state index in [0.717, 1.165) is 43.3 Å². The summed E-state index contributed by atoms with van der Waals surface area (Å²) in [4.78, 5) is 16.9. The summed E-state index contributed by atoms with van der Waals surface area (Å²) in [5.41, 5.74) is 3.81. The number of aryl methyl sites for hydroxylation is 1. The summed E-state index contributed by atoms with van der Waals surface area (Å²) in [6.45, 7) is 3.93. The number of carbonyl (C=O) groups is 1. The molecule has 0 atom stereocenters. The molecule has 0 bridgehead atoms. The van der Waals surface area contributed by atoms with Gasteiger partial charge in [-0.15, -0.1) is 0 Å². The Morgan fingerprint density at radius 2 is 1.65 bits per heavy atom. The fourth-order valence-electron chi connectivity index (χ4n) is 4.21. The van der Waals surface area contributed by atoms with Crippen molar-refractivity contribution in [3.05, 3.63) is 64.7 Å². The number of para-hydroxylation sites is 1. The van der Waals surface area contributed by atoms with E-state index in [1.807, 2.05) is 23.1 Å². The van der Waals surface area contributed by atoms with Crippen molar-refractivity contribution >= 4 is 23.2 Å². The minimum Gasteiger partial charge on any atom is -0.311 e. The van der Waals surface area contributed by atoms with Crippen molar-refractivity contribution < 1.29 is 4.79 Å². The van der Waals surface area contributed by atoms with E-state index in [1.54, 1.807) is 0 Å². The van der Waals surface area contributed by atoms with E-state index in [0.29, 0.717) is 12.3 Å².